The lowest BCUT2D eigenvalue weighted by Gasteiger charge is -2.25. The molecule has 0 spiro atoms. The van der Waals surface area contributed by atoms with Crippen molar-refractivity contribution in [2.75, 3.05) is 4.90 Å². The molecule has 150 valence electrons. The molecule has 4 rings (SSSR count). The summed E-state index contributed by atoms with van der Waals surface area (Å²) in [5.74, 6) is -2.37. The van der Waals surface area contributed by atoms with Crippen LogP contribution < -0.4 is 4.90 Å². The monoisotopic (exact) mass is 418 g/mol. The highest BCUT2D eigenvalue weighted by molar-refractivity contribution is 7.96. The van der Waals surface area contributed by atoms with Crippen molar-refractivity contribution in [1.82, 2.24) is 4.98 Å². The minimum atomic E-state index is -1.18. The third kappa shape index (κ3) is 4.06. The topological polar surface area (TPSA) is 83.6 Å². The third-order valence-electron chi connectivity index (χ3n) is 4.65. The fourth-order valence-corrected chi connectivity index (χ4v) is 3.46. The highest BCUT2D eigenvalue weighted by atomic mass is 32.1. The van der Waals surface area contributed by atoms with Crippen molar-refractivity contribution in [2.45, 2.75) is 12.3 Å². The number of rotatable bonds is 7. The number of hydrogen-bond acceptors (Lipinski definition) is 5. The molecule has 4 aromatic rings. The van der Waals surface area contributed by atoms with Crippen LogP contribution in [0.5, 0.6) is 0 Å². The number of hydrogen-bond donors (Lipinski definition) is 2. The van der Waals surface area contributed by atoms with Crippen LogP contribution in [0.3, 0.4) is 0 Å². The zero-order valence-corrected chi connectivity index (χ0v) is 16.7. The second kappa shape index (κ2) is 8.42. The van der Waals surface area contributed by atoms with Gasteiger partial charge in [-0.25, -0.2) is 4.98 Å². The van der Waals surface area contributed by atoms with Gasteiger partial charge in [-0.15, -0.1) is 12.6 Å². The molecule has 0 aliphatic heterocycles. The number of aliphatic carboxylic acids is 1. The molecule has 0 aliphatic rings. The maximum absolute atomic E-state index is 11.6. The van der Waals surface area contributed by atoms with E-state index >= 15 is 0 Å². The van der Waals surface area contributed by atoms with Gasteiger partial charge in [0.1, 0.15) is 11.4 Å². The Hall–Kier alpha value is -3.58. The van der Waals surface area contributed by atoms with E-state index in [4.69, 9.17) is 4.42 Å². The van der Waals surface area contributed by atoms with Crippen LogP contribution >= 0.6 is 12.6 Å². The number of carbonyl (C=O) groups is 2. The fraction of sp³-hybridized carbons (Fsp3) is 0.0870. The summed E-state index contributed by atoms with van der Waals surface area (Å²) >= 11 is 3.69. The van der Waals surface area contributed by atoms with E-state index in [0.29, 0.717) is 11.1 Å². The van der Waals surface area contributed by atoms with Gasteiger partial charge in [0.25, 0.3) is 0 Å². The van der Waals surface area contributed by atoms with Gasteiger partial charge in [0.05, 0.1) is 0 Å². The van der Waals surface area contributed by atoms with Crippen molar-refractivity contribution in [1.29, 1.82) is 0 Å². The number of fused-ring (bicyclic) bond motifs is 1. The summed E-state index contributed by atoms with van der Waals surface area (Å²) in [4.78, 5) is 29.2. The Morgan fingerprint density at radius 2 is 1.53 bits per heavy atom. The predicted octanol–water partition coefficient (Wildman–Crippen LogP) is 5.31. The van der Waals surface area contributed by atoms with Gasteiger partial charge < -0.3 is 14.4 Å². The van der Waals surface area contributed by atoms with Crippen LogP contribution in [-0.2, 0) is 9.59 Å². The van der Waals surface area contributed by atoms with E-state index in [9.17, 15) is 14.7 Å². The smallest absolute Gasteiger partial charge is 0.316 e. The third-order valence-corrected chi connectivity index (χ3v) is 4.83. The van der Waals surface area contributed by atoms with Gasteiger partial charge in [-0.05, 0) is 36.4 Å². The molecule has 0 radical (unpaired) electrons. The highest BCUT2D eigenvalue weighted by Crippen LogP contribution is 2.36. The van der Waals surface area contributed by atoms with Crippen LogP contribution in [0.4, 0.5) is 17.1 Å². The Kier molecular flexibility index (Phi) is 5.54. The summed E-state index contributed by atoms with van der Waals surface area (Å²) in [6.45, 7) is 0. The van der Waals surface area contributed by atoms with Crippen LogP contribution in [0, 0.1) is 0 Å². The molecule has 1 N–H and O–H groups in total. The number of benzene rings is 3. The summed E-state index contributed by atoms with van der Waals surface area (Å²) in [5.41, 5.74) is 3.73. The maximum atomic E-state index is 11.6. The molecule has 0 aliphatic carbocycles. The molecule has 0 saturated carbocycles. The number of nitrogens with zero attached hydrogens (tertiary/aromatic N) is 2. The summed E-state index contributed by atoms with van der Waals surface area (Å²) < 4.78 is 5.75. The minimum Gasteiger partial charge on any atom is -0.481 e. The average molecular weight is 418 g/mol. The van der Waals surface area contributed by atoms with Crippen molar-refractivity contribution in [3.8, 4) is 0 Å². The lowest BCUT2D eigenvalue weighted by molar-refractivity contribution is -0.140. The van der Waals surface area contributed by atoms with Gasteiger partial charge in [-0.1, -0.05) is 36.4 Å². The van der Waals surface area contributed by atoms with Crippen LogP contribution in [0.1, 0.15) is 18.2 Å². The van der Waals surface area contributed by atoms with Crippen molar-refractivity contribution in [3.63, 3.8) is 0 Å². The maximum Gasteiger partial charge on any atom is 0.316 e. The van der Waals surface area contributed by atoms with Crippen molar-refractivity contribution >= 4 is 51.9 Å². The highest BCUT2D eigenvalue weighted by Gasteiger charge is 2.27. The van der Waals surface area contributed by atoms with Gasteiger partial charge in [-0.3, -0.25) is 9.59 Å². The van der Waals surface area contributed by atoms with E-state index in [1.54, 1.807) is 6.07 Å². The van der Waals surface area contributed by atoms with Crippen LogP contribution in [-0.4, -0.2) is 21.2 Å². The Bertz CT molecular complexity index is 1150. The van der Waals surface area contributed by atoms with Gasteiger partial charge in [0.2, 0.25) is 5.89 Å². The molecule has 0 amide bonds. The standard InChI is InChI=1S/C23H18N2O4S/c26-21(30)14-18(23(27)28)22-24-19-12-11-17(13-20(19)29-22)25(15-7-3-1-4-8-15)16-9-5-2-6-10-16/h1-13,18H,14H2,(H,26,30)(H,27,28). The number of carboxylic acids is 1. The number of para-hydroxylation sites is 2. The summed E-state index contributed by atoms with van der Waals surface area (Å²) in [6.07, 6.45) is -0.293. The normalized spacial score (nSPS) is 11.9. The van der Waals surface area contributed by atoms with Gasteiger partial charge in [0.15, 0.2) is 10.7 Å². The van der Waals surface area contributed by atoms with Gasteiger partial charge in [-0.2, -0.15) is 0 Å². The van der Waals surface area contributed by atoms with E-state index < -0.39 is 17.0 Å². The zero-order valence-electron chi connectivity index (χ0n) is 15.8. The molecule has 0 fully saturated rings. The van der Waals surface area contributed by atoms with E-state index in [1.165, 1.54) is 0 Å². The Labute approximate surface area is 178 Å². The minimum absolute atomic E-state index is 0.0111. The predicted molar refractivity (Wildman–Crippen MR) is 118 cm³/mol. The number of aromatic nitrogens is 1. The average Bonchev–Trinajstić information content (AvgIpc) is 3.16. The second-order valence-corrected chi connectivity index (χ2v) is 7.20. The quantitative estimate of drug-likeness (QED) is 0.396. The molecule has 3 aromatic carbocycles. The number of anilines is 3. The summed E-state index contributed by atoms with van der Waals surface area (Å²) in [6, 6.07) is 25.2. The Morgan fingerprint density at radius 3 is 2.07 bits per heavy atom. The van der Waals surface area contributed by atoms with E-state index in [-0.39, 0.29) is 12.3 Å². The molecule has 6 nitrogen and oxygen atoms in total. The molecule has 0 bridgehead atoms. The van der Waals surface area contributed by atoms with E-state index in [2.05, 4.69) is 22.5 Å². The number of carboxylic acid groups (broad SMARTS) is 1. The molecule has 0 saturated heterocycles. The fourth-order valence-electron chi connectivity index (χ4n) is 3.28. The largest absolute Gasteiger partial charge is 0.481 e. The van der Waals surface area contributed by atoms with E-state index in [1.807, 2.05) is 72.8 Å². The number of oxazole rings is 1. The molecule has 1 atom stereocenters. The Morgan fingerprint density at radius 1 is 0.933 bits per heavy atom. The SMILES string of the molecule is O=C(S)CC(C(=O)O)c1nc2ccc(N(c3ccccc3)c3ccccc3)cc2o1. The first-order valence-electron chi connectivity index (χ1n) is 9.28. The first-order valence-corrected chi connectivity index (χ1v) is 9.73. The molecular weight excluding hydrogens is 400 g/mol. The molecule has 30 heavy (non-hydrogen) atoms. The number of thiol groups is 1. The summed E-state index contributed by atoms with van der Waals surface area (Å²) in [7, 11) is 0. The first kappa shape index (κ1) is 19.7. The molecular formula is C23H18N2O4S. The van der Waals surface area contributed by atoms with Crippen molar-refractivity contribution in [3.05, 3.63) is 84.8 Å². The van der Waals surface area contributed by atoms with Crippen LogP contribution in [0.25, 0.3) is 11.1 Å². The van der Waals surface area contributed by atoms with Crippen LogP contribution in [0.15, 0.2) is 83.3 Å². The lowest BCUT2D eigenvalue weighted by atomic mass is 10.1. The Balaban J connectivity index is 1.79. The van der Waals surface area contributed by atoms with Crippen LogP contribution in [0.2, 0.25) is 0 Å². The van der Waals surface area contributed by atoms with Gasteiger partial charge >= 0.3 is 5.97 Å². The van der Waals surface area contributed by atoms with E-state index in [0.717, 1.165) is 17.1 Å². The van der Waals surface area contributed by atoms with Crippen molar-refractivity contribution in [2.24, 2.45) is 0 Å². The first-order chi connectivity index (χ1) is 14.5. The zero-order chi connectivity index (χ0) is 21.1. The molecule has 1 heterocycles. The van der Waals surface area contributed by atoms with Gasteiger partial charge in [0, 0.05) is 29.5 Å². The van der Waals surface area contributed by atoms with Crippen molar-refractivity contribution < 1.29 is 19.1 Å². The second-order valence-electron chi connectivity index (χ2n) is 6.70. The molecule has 1 unspecified atom stereocenters. The molecule has 1 aromatic heterocycles. The lowest BCUT2D eigenvalue weighted by Crippen LogP contribution is -2.14. The summed E-state index contributed by atoms with van der Waals surface area (Å²) in [5, 5.41) is 8.91. The number of carbonyl (C=O) groups excluding carboxylic acids is 1. The molecule has 7 heteroatoms.